The van der Waals surface area contributed by atoms with Crippen LogP contribution in [0, 0.1) is 6.92 Å². The molecular weight excluding hydrogens is 302 g/mol. The third-order valence-electron chi connectivity index (χ3n) is 3.76. The van der Waals surface area contributed by atoms with Crippen LogP contribution in [0.5, 0.6) is 0 Å². The number of aryl methyl sites for hydroxylation is 1. The Balaban J connectivity index is 2.08. The lowest BCUT2D eigenvalue weighted by Crippen LogP contribution is -2.15. The normalized spacial score (nSPS) is 15.6. The Labute approximate surface area is 122 Å². The van der Waals surface area contributed by atoms with Crippen LogP contribution in [-0.4, -0.2) is 6.04 Å². The molecule has 1 aliphatic carbocycles. The molecule has 3 heteroatoms. The van der Waals surface area contributed by atoms with Crippen molar-refractivity contribution in [1.29, 1.82) is 0 Å². The molecule has 1 saturated carbocycles. The second-order valence-corrected chi connectivity index (χ2v) is 6.76. The van der Waals surface area contributed by atoms with Crippen LogP contribution in [0.4, 0.5) is 0 Å². The van der Waals surface area contributed by atoms with E-state index in [2.05, 4.69) is 54.2 Å². The zero-order chi connectivity index (χ0) is 13.6. The molecule has 0 unspecified atom stereocenters. The minimum Gasteiger partial charge on any atom is -0.459 e. The fraction of sp³-hybridized carbons (Fsp3) is 0.500. The third kappa shape index (κ3) is 2.59. The van der Waals surface area contributed by atoms with E-state index in [-0.39, 0.29) is 0 Å². The van der Waals surface area contributed by atoms with Gasteiger partial charge in [-0.25, -0.2) is 0 Å². The molecule has 2 nitrogen and oxygen atoms in total. The lowest BCUT2D eigenvalue weighted by molar-refractivity contribution is 0.502. The summed E-state index contributed by atoms with van der Waals surface area (Å²) in [5, 5.41) is 4.82. The van der Waals surface area contributed by atoms with Gasteiger partial charge in [-0.1, -0.05) is 29.8 Å². The van der Waals surface area contributed by atoms with Crippen molar-refractivity contribution in [3.63, 3.8) is 0 Å². The number of hydrogen-bond donors (Lipinski definition) is 1. The number of halogens is 1. The average Bonchev–Trinajstić information content (AvgIpc) is 3.07. The first-order valence-electron chi connectivity index (χ1n) is 7.01. The maximum Gasteiger partial charge on any atom is 0.137 e. The molecule has 1 aliphatic rings. The largest absolute Gasteiger partial charge is 0.459 e. The summed E-state index contributed by atoms with van der Waals surface area (Å²) in [4.78, 5) is 0. The smallest absolute Gasteiger partial charge is 0.137 e. The van der Waals surface area contributed by atoms with Crippen molar-refractivity contribution in [2.24, 2.45) is 0 Å². The van der Waals surface area contributed by atoms with Gasteiger partial charge in [0, 0.05) is 21.5 Å². The quantitative estimate of drug-likeness (QED) is 0.868. The zero-order valence-corrected chi connectivity index (χ0v) is 13.3. The van der Waals surface area contributed by atoms with Gasteiger partial charge in [-0.2, -0.15) is 0 Å². The predicted molar refractivity (Wildman–Crippen MR) is 82.6 cm³/mol. The van der Waals surface area contributed by atoms with Crippen molar-refractivity contribution in [3.05, 3.63) is 33.5 Å². The zero-order valence-electron chi connectivity index (χ0n) is 11.7. The van der Waals surface area contributed by atoms with Crippen LogP contribution in [0.25, 0.3) is 11.0 Å². The maximum absolute atomic E-state index is 6.14. The van der Waals surface area contributed by atoms with Gasteiger partial charge in [-0.05, 0) is 43.4 Å². The fourth-order valence-corrected chi connectivity index (χ4v) is 3.25. The van der Waals surface area contributed by atoms with Gasteiger partial charge in [0.05, 0.1) is 6.54 Å². The van der Waals surface area contributed by atoms with Crippen LogP contribution >= 0.6 is 15.9 Å². The van der Waals surface area contributed by atoms with Crippen molar-refractivity contribution in [3.8, 4) is 0 Å². The molecule has 0 atom stereocenters. The minimum atomic E-state index is 0.478. The summed E-state index contributed by atoms with van der Waals surface area (Å²) in [5.41, 5.74) is 3.59. The lowest BCUT2D eigenvalue weighted by Gasteiger charge is -2.07. The SMILES string of the molecule is Cc1cc(Br)cc2c(C(C)C)c(CNC3CC3)oc12. The van der Waals surface area contributed by atoms with Gasteiger partial charge >= 0.3 is 0 Å². The summed E-state index contributed by atoms with van der Waals surface area (Å²) in [6.45, 7) is 7.44. The summed E-state index contributed by atoms with van der Waals surface area (Å²) in [6.07, 6.45) is 2.61. The Morgan fingerprint density at radius 3 is 2.74 bits per heavy atom. The molecule has 19 heavy (non-hydrogen) atoms. The number of furan rings is 1. The third-order valence-corrected chi connectivity index (χ3v) is 4.22. The van der Waals surface area contributed by atoms with Gasteiger partial charge in [-0.15, -0.1) is 0 Å². The number of fused-ring (bicyclic) bond motifs is 1. The van der Waals surface area contributed by atoms with Crippen molar-refractivity contribution >= 4 is 26.9 Å². The van der Waals surface area contributed by atoms with E-state index in [0.29, 0.717) is 12.0 Å². The number of hydrogen-bond acceptors (Lipinski definition) is 2. The molecule has 0 aliphatic heterocycles. The van der Waals surface area contributed by atoms with Gasteiger partial charge in [0.1, 0.15) is 11.3 Å². The molecule has 0 saturated heterocycles. The minimum absolute atomic E-state index is 0.478. The summed E-state index contributed by atoms with van der Waals surface area (Å²) < 4.78 is 7.27. The molecule has 0 amide bonds. The van der Waals surface area contributed by atoms with Gasteiger partial charge in [0.15, 0.2) is 0 Å². The molecule has 102 valence electrons. The highest BCUT2D eigenvalue weighted by molar-refractivity contribution is 9.10. The Morgan fingerprint density at radius 1 is 1.37 bits per heavy atom. The average molecular weight is 322 g/mol. The second-order valence-electron chi connectivity index (χ2n) is 5.85. The van der Waals surface area contributed by atoms with Gasteiger partial charge in [0.2, 0.25) is 0 Å². The number of nitrogens with one attached hydrogen (secondary N) is 1. The molecule has 3 rings (SSSR count). The van der Waals surface area contributed by atoms with Crippen molar-refractivity contribution in [1.82, 2.24) is 5.32 Å². The first kappa shape index (κ1) is 13.2. The van der Waals surface area contributed by atoms with Crippen molar-refractivity contribution < 1.29 is 4.42 Å². The van der Waals surface area contributed by atoms with Crippen molar-refractivity contribution in [2.45, 2.75) is 52.1 Å². The van der Waals surface area contributed by atoms with Gasteiger partial charge in [0.25, 0.3) is 0 Å². The summed E-state index contributed by atoms with van der Waals surface area (Å²) >= 11 is 3.59. The van der Waals surface area contributed by atoms with Crippen LogP contribution in [0.2, 0.25) is 0 Å². The monoisotopic (exact) mass is 321 g/mol. The van der Waals surface area contributed by atoms with E-state index in [0.717, 1.165) is 22.4 Å². The number of rotatable bonds is 4. The molecule has 0 radical (unpaired) electrons. The summed E-state index contributed by atoms with van der Waals surface area (Å²) in [7, 11) is 0. The summed E-state index contributed by atoms with van der Waals surface area (Å²) in [6, 6.07) is 5.01. The van der Waals surface area contributed by atoms with E-state index in [1.54, 1.807) is 0 Å². The van der Waals surface area contributed by atoms with Crippen LogP contribution in [0.15, 0.2) is 21.0 Å². The number of benzene rings is 1. The van der Waals surface area contributed by atoms with E-state index in [9.17, 15) is 0 Å². The van der Waals surface area contributed by atoms with Crippen molar-refractivity contribution in [2.75, 3.05) is 0 Å². The van der Waals surface area contributed by atoms with Gasteiger partial charge < -0.3 is 9.73 Å². The van der Waals surface area contributed by atoms with Crippen LogP contribution in [0.3, 0.4) is 0 Å². The Bertz CT molecular complexity index is 611. The fourth-order valence-electron chi connectivity index (χ4n) is 2.68. The van der Waals surface area contributed by atoms with E-state index >= 15 is 0 Å². The van der Waals surface area contributed by atoms with Crippen LogP contribution in [0.1, 0.15) is 49.5 Å². The predicted octanol–water partition coefficient (Wildman–Crippen LogP) is 4.88. The Morgan fingerprint density at radius 2 is 2.11 bits per heavy atom. The Hall–Kier alpha value is -0.800. The highest BCUT2D eigenvalue weighted by Crippen LogP contribution is 2.36. The molecule has 2 aromatic rings. The van der Waals surface area contributed by atoms with E-state index in [4.69, 9.17) is 4.42 Å². The van der Waals surface area contributed by atoms with Crippen LogP contribution < -0.4 is 5.32 Å². The van der Waals surface area contributed by atoms with Crippen LogP contribution in [-0.2, 0) is 6.54 Å². The lowest BCUT2D eigenvalue weighted by atomic mass is 9.98. The first-order valence-corrected chi connectivity index (χ1v) is 7.80. The highest BCUT2D eigenvalue weighted by Gasteiger charge is 2.23. The molecule has 0 spiro atoms. The Kier molecular flexibility index (Phi) is 3.44. The standard InChI is InChI=1S/C16H20BrNO/c1-9(2)15-13-7-11(17)6-10(3)16(13)19-14(15)8-18-12-4-5-12/h6-7,9,12,18H,4-5,8H2,1-3H3. The van der Waals surface area contributed by atoms with E-state index in [1.807, 2.05) is 0 Å². The first-order chi connectivity index (χ1) is 9.06. The molecule has 1 N–H and O–H groups in total. The van der Waals surface area contributed by atoms with E-state index < -0.39 is 0 Å². The molecule has 1 heterocycles. The molecule has 1 aromatic carbocycles. The molecule has 1 aromatic heterocycles. The topological polar surface area (TPSA) is 25.2 Å². The molecule has 0 bridgehead atoms. The maximum atomic E-state index is 6.14. The highest BCUT2D eigenvalue weighted by atomic mass is 79.9. The molecular formula is C16H20BrNO. The van der Waals surface area contributed by atoms with Gasteiger partial charge in [-0.3, -0.25) is 0 Å². The summed E-state index contributed by atoms with van der Waals surface area (Å²) in [5.74, 6) is 1.59. The second kappa shape index (κ2) is 4.95. The molecule has 1 fully saturated rings. The van der Waals surface area contributed by atoms with E-state index in [1.165, 1.54) is 29.4 Å².